The minimum absolute atomic E-state index is 0.274. The molecule has 33 heavy (non-hydrogen) atoms. The summed E-state index contributed by atoms with van der Waals surface area (Å²) < 4.78 is 18.7. The summed E-state index contributed by atoms with van der Waals surface area (Å²) in [5.74, 6) is -0.274. The summed E-state index contributed by atoms with van der Waals surface area (Å²) in [5, 5.41) is 1.99. The lowest BCUT2D eigenvalue weighted by molar-refractivity contribution is 0.627. The smallest absolute Gasteiger partial charge is 0.125 e. The van der Waals surface area contributed by atoms with Crippen LogP contribution < -0.4 is 0 Å². The number of pyridine rings is 2. The first kappa shape index (κ1) is 18.1. The zero-order valence-electron chi connectivity index (χ0n) is 17.5. The van der Waals surface area contributed by atoms with Crippen molar-refractivity contribution in [3.63, 3.8) is 0 Å². The molecule has 156 valence electrons. The monoisotopic (exact) mass is 428 g/mol. The zero-order valence-corrected chi connectivity index (χ0v) is 17.5. The standard InChI is InChI=1S/C28H17FN4/c29-18-8-6-11-20(16-18)33-23-13-5-4-12-21(23)26-28(33)27-22(17-31-26)25-24(14-7-15-30-25)32(27)19-9-2-1-3-10-19/h1-17H. The molecule has 0 radical (unpaired) electrons. The van der Waals surface area contributed by atoms with Crippen molar-refractivity contribution in [2.45, 2.75) is 0 Å². The van der Waals surface area contributed by atoms with Gasteiger partial charge in [0.1, 0.15) is 5.82 Å². The second kappa shape index (κ2) is 6.74. The quantitative estimate of drug-likeness (QED) is 0.303. The molecule has 0 N–H and O–H groups in total. The highest BCUT2D eigenvalue weighted by Gasteiger charge is 2.22. The largest absolute Gasteiger partial charge is 0.306 e. The molecule has 4 aromatic heterocycles. The van der Waals surface area contributed by atoms with E-state index in [1.807, 2.05) is 54.9 Å². The van der Waals surface area contributed by atoms with E-state index in [1.54, 1.807) is 12.1 Å². The van der Waals surface area contributed by atoms with Crippen molar-refractivity contribution >= 4 is 43.9 Å². The van der Waals surface area contributed by atoms with Crippen LogP contribution in [0.15, 0.2) is 103 Å². The van der Waals surface area contributed by atoms with Gasteiger partial charge in [-0.15, -0.1) is 0 Å². The van der Waals surface area contributed by atoms with Crippen LogP contribution in [0, 0.1) is 5.82 Å². The third-order valence-corrected chi connectivity index (χ3v) is 6.24. The van der Waals surface area contributed by atoms with Gasteiger partial charge in [0.2, 0.25) is 0 Å². The van der Waals surface area contributed by atoms with Crippen LogP contribution in [0.1, 0.15) is 0 Å². The van der Waals surface area contributed by atoms with Crippen molar-refractivity contribution in [1.29, 1.82) is 0 Å². The van der Waals surface area contributed by atoms with Crippen molar-refractivity contribution in [2.24, 2.45) is 0 Å². The molecule has 0 aliphatic rings. The summed E-state index contributed by atoms with van der Waals surface area (Å²) in [4.78, 5) is 9.60. The fourth-order valence-electron chi connectivity index (χ4n) is 4.92. The molecule has 4 heterocycles. The number of benzene rings is 3. The molecule has 0 fully saturated rings. The Morgan fingerprint density at radius 3 is 2.21 bits per heavy atom. The maximum absolute atomic E-state index is 14.3. The van der Waals surface area contributed by atoms with Gasteiger partial charge in [-0.3, -0.25) is 9.97 Å². The average Bonchev–Trinajstić information content (AvgIpc) is 3.38. The third kappa shape index (κ3) is 2.50. The summed E-state index contributed by atoms with van der Waals surface area (Å²) in [6.07, 6.45) is 3.72. The van der Waals surface area contributed by atoms with E-state index in [0.717, 1.165) is 55.2 Å². The molecule has 5 heteroatoms. The van der Waals surface area contributed by atoms with Crippen LogP contribution in [0.5, 0.6) is 0 Å². The summed E-state index contributed by atoms with van der Waals surface area (Å²) in [6.45, 7) is 0. The van der Waals surface area contributed by atoms with Gasteiger partial charge in [0.15, 0.2) is 0 Å². The first-order valence-corrected chi connectivity index (χ1v) is 10.8. The summed E-state index contributed by atoms with van der Waals surface area (Å²) >= 11 is 0. The topological polar surface area (TPSA) is 35.6 Å². The molecule has 0 aliphatic heterocycles. The highest BCUT2D eigenvalue weighted by Crippen LogP contribution is 2.39. The Morgan fingerprint density at radius 1 is 0.576 bits per heavy atom. The van der Waals surface area contributed by atoms with E-state index >= 15 is 0 Å². The highest BCUT2D eigenvalue weighted by molar-refractivity contribution is 6.21. The van der Waals surface area contributed by atoms with Crippen LogP contribution in [0.25, 0.3) is 55.2 Å². The molecule has 4 nitrogen and oxygen atoms in total. The Kier molecular flexibility index (Phi) is 3.70. The number of hydrogen-bond donors (Lipinski definition) is 0. The number of halogens is 1. The normalized spacial score (nSPS) is 11.8. The van der Waals surface area contributed by atoms with E-state index in [-0.39, 0.29) is 5.82 Å². The van der Waals surface area contributed by atoms with Gasteiger partial charge in [-0.1, -0.05) is 42.5 Å². The van der Waals surface area contributed by atoms with Gasteiger partial charge in [-0.05, 0) is 48.5 Å². The van der Waals surface area contributed by atoms with Gasteiger partial charge in [-0.25, -0.2) is 4.39 Å². The van der Waals surface area contributed by atoms with Gasteiger partial charge >= 0.3 is 0 Å². The second-order valence-corrected chi connectivity index (χ2v) is 8.09. The Bertz CT molecular complexity index is 1830. The van der Waals surface area contributed by atoms with E-state index in [9.17, 15) is 4.39 Å². The van der Waals surface area contributed by atoms with Crippen LogP contribution in [0.2, 0.25) is 0 Å². The Balaban J connectivity index is 1.80. The Hall–Kier alpha value is -4.51. The molecule has 0 aliphatic carbocycles. The lowest BCUT2D eigenvalue weighted by Crippen LogP contribution is -1.99. The predicted molar refractivity (Wildman–Crippen MR) is 131 cm³/mol. The molecule has 7 aromatic rings. The fourth-order valence-corrected chi connectivity index (χ4v) is 4.92. The van der Waals surface area contributed by atoms with Crippen molar-refractivity contribution in [3.05, 3.63) is 109 Å². The Morgan fingerprint density at radius 2 is 1.33 bits per heavy atom. The van der Waals surface area contributed by atoms with E-state index in [4.69, 9.17) is 9.97 Å². The second-order valence-electron chi connectivity index (χ2n) is 8.09. The number of nitrogens with zero attached hydrogens (tertiary/aromatic N) is 4. The number of fused-ring (bicyclic) bond motifs is 7. The van der Waals surface area contributed by atoms with Crippen molar-refractivity contribution in [1.82, 2.24) is 19.1 Å². The molecule has 0 saturated carbocycles. The molecular formula is C28H17FN4. The van der Waals surface area contributed by atoms with Crippen LogP contribution in [-0.4, -0.2) is 19.1 Å². The summed E-state index contributed by atoms with van der Waals surface area (Å²) in [7, 11) is 0. The molecule has 0 saturated heterocycles. The first-order chi connectivity index (χ1) is 16.3. The molecule has 3 aromatic carbocycles. The molecule has 0 unspecified atom stereocenters. The summed E-state index contributed by atoms with van der Waals surface area (Å²) in [6, 6.07) is 29.1. The van der Waals surface area contributed by atoms with Crippen LogP contribution in [0.3, 0.4) is 0 Å². The zero-order chi connectivity index (χ0) is 21.9. The third-order valence-electron chi connectivity index (χ3n) is 6.24. The van der Waals surface area contributed by atoms with Crippen LogP contribution in [-0.2, 0) is 0 Å². The maximum Gasteiger partial charge on any atom is 0.125 e. The average molecular weight is 428 g/mol. The lowest BCUT2D eigenvalue weighted by atomic mass is 10.2. The maximum atomic E-state index is 14.3. The van der Waals surface area contributed by atoms with Gasteiger partial charge in [0, 0.05) is 34.5 Å². The number of rotatable bonds is 2. The van der Waals surface area contributed by atoms with Crippen molar-refractivity contribution < 1.29 is 4.39 Å². The molecule has 0 atom stereocenters. The fraction of sp³-hybridized carbons (Fsp3) is 0. The number of para-hydroxylation sites is 2. The molecule has 0 spiro atoms. The first-order valence-electron chi connectivity index (χ1n) is 10.8. The van der Waals surface area contributed by atoms with Gasteiger partial charge in [0.25, 0.3) is 0 Å². The van der Waals surface area contributed by atoms with E-state index in [2.05, 4.69) is 39.5 Å². The molecule has 7 rings (SSSR count). The minimum atomic E-state index is -0.274. The highest BCUT2D eigenvalue weighted by atomic mass is 19.1. The van der Waals surface area contributed by atoms with Crippen LogP contribution >= 0.6 is 0 Å². The summed E-state index contributed by atoms with van der Waals surface area (Å²) in [5.41, 5.74) is 7.48. The van der Waals surface area contributed by atoms with Gasteiger partial charge in [-0.2, -0.15) is 0 Å². The molecular weight excluding hydrogens is 411 g/mol. The SMILES string of the molecule is Fc1cccc(-n2c3ccccc3c3ncc4c5ncccc5n(-c5ccccc5)c4c32)c1. The van der Waals surface area contributed by atoms with E-state index < -0.39 is 0 Å². The van der Waals surface area contributed by atoms with Gasteiger partial charge < -0.3 is 9.13 Å². The number of aromatic nitrogens is 4. The minimum Gasteiger partial charge on any atom is -0.306 e. The Labute approximate surface area is 188 Å². The van der Waals surface area contributed by atoms with E-state index in [1.165, 1.54) is 6.07 Å². The number of hydrogen-bond acceptors (Lipinski definition) is 2. The lowest BCUT2D eigenvalue weighted by Gasteiger charge is -2.12. The predicted octanol–water partition coefficient (Wildman–Crippen LogP) is 6.81. The van der Waals surface area contributed by atoms with Crippen LogP contribution in [0.4, 0.5) is 4.39 Å². The van der Waals surface area contributed by atoms with Gasteiger partial charge in [0.05, 0.1) is 33.1 Å². The molecule has 0 bridgehead atoms. The van der Waals surface area contributed by atoms with Crippen molar-refractivity contribution in [2.75, 3.05) is 0 Å². The van der Waals surface area contributed by atoms with Crippen molar-refractivity contribution in [3.8, 4) is 11.4 Å². The molecule has 0 amide bonds. The van der Waals surface area contributed by atoms with E-state index in [0.29, 0.717) is 0 Å².